The molecule has 1 aromatic carbocycles. The van der Waals surface area contributed by atoms with E-state index in [1.807, 2.05) is 4.90 Å². The summed E-state index contributed by atoms with van der Waals surface area (Å²) in [5.41, 5.74) is 1.29. The Bertz CT molecular complexity index is 634. The maximum absolute atomic E-state index is 12.9. The molecular weight excluding hydrogens is 319 g/mol. The third kappa shape index (κ3) is 3.93. The summed E-state index contributed by atoms with van der Waals surface area (Å²) < 4.78 is 27.3. The molecule has 7 nitrogen and oxygen atoms in total. The summed E-state index contributed by atoms with van der Waals surface area (Å²) in [7, 11) is -5.24. The van der Waals surface area contributed by atoms with Gasteiger partial charge in [-0.25, -0.2) is 8.42 Å². The lowest BCUT2D eigenvalue weighted by molar-refractivity contribution is 0.151. The number of hydrogen-bond donors (Lipinski definition) is 3. The van der Waals surface area contributed by atoms with E-state index in [9.17, 15) is 18.5 Å². The number of aliphatic hydroxyl groups excluding tert-OH is 1. The van der Waals surface area contributed by atoms with Crippen molar-refractivity contribution in [2.45, 2.75) is 18.7 Å². The number of aryl methyl sites for hydroxylation is 2. The molecule has 0 radical (unpaired) electrons. The van der Waals surface area contributed by atoms with Crippen LogP contribution in [0, 0.1) is 13.8 Å². The Morgan fingerprint density at radius 1 is 1.09 bits per heavy atom. The van der Waals surface area contributed by atoms with Gasteiger partial charge in [-0.1, -0.05) is 12.1 Å². The lowest BCUT2D eigenvalue weighted by atomic mass is 9.79. The molecule has 0 unspecified atom stereocenters. The molecule has 9 heteroatoms. The highest BCUT2D eigenvalue weighted by molar-refractivity contribution is 7.89. The van der Waals surface area contributed by atoms with Crippen LogP contribution in [0.1, 0.15) is 11.1 Å². The first-order valence-corrected chi connectivity index (χ1v) is 9.02. The lowest BCUT2D eigenvalue weighted by Crippen LogP contribution is -2.49. The first-order valence-electron chi connectivity index (χ1n) is 7.58. The number of sulfonamides is 1. The zero-order chi connectivity index (χ0) is 17.2. The second kappa shape index (κ2) is 7.29. The average molecular weight is 342 g/mol. The zero-order valence-electron chi connectivity index (χ0n) is 13.4. The first-order chi connectivity index (χ1) is 10.8. The monoisotopic (exact) mass is 342 g/mol. The molecule has 0 aromatic heterocycles. The molecule has 23 heavy (non-hydrogen) atoms. The van der Waals surface area contributed by atoms with Gasteiger partial charge in [0.2, 0.25) is 10.0 Å². The normalized spacial score (nSPS) is 17.4. The molecule has 2 rings (SSSR count). The van der Waals surface area contributed by atoms with E-state index in [4.69, 9.17) is 5.11 Å². The fourth-order valence-electron chi connectivity index (χ4n) is 3.00. The molecule has 0 saturated carbocycles. The molecule has 3 N–H and O–H groups in total. The summed E-state index contributed by atoms with van der Waals surface area (Å²) in [5, 5.41) is 27.5. The van der Waals surface area contributed by atoms with Gasteiger partial charge in [0, 0.05) is 32.7 Å². The average Bonchev–Trinajstić information content (AvgIpc) is 2.47. The Balaban J connectivity index is 2.27. The predicted molar refractivity (Wildman–Crippen MR) is 88.0 cm³/mol. The van der Waals surface area contributed by atoms with Crippen LogP contribution in [0.2, 0.25) is 0 Å². The van der Waals surface area contributed by atoms with Crippen LogP contribution >= 0.6 is 0 Å². The van der Waals surface area contributed by atoms with E-state index in [1.54, 1.807) is 13.8 Å². The summed E-state index contributed by atoms with van der Waals surface area (Å²) in [4.78, 5) is 2.26. The van der Waals surface area contributed by atoms with Crippen molar-refractivity contribution < 1.29 is 23.6 Å². The van der Waals surface area contributed by atoms with Crippen molar-refractivity contribution in [3.63, 3.8) is 0 Å². The third-order valence-electron chi connectivity index (χ3n) is 4.13. The molecule has 1 saturated heterocycles. The van der Waals surface area contributed by atoms with E-state index in [0.29, 0.717) is 43.9 Å². The molecule has 0 amide bonds. The van der Waals surface area contributed by atoms with E-state index >= 15 is 0 Å². The molecule has 128 valence electrons. The quantitative estimate of drug-likeness (QED) is 0.551. The maximum Gasteiger partial charge on any atom is 0.488 e. The molecule has 0 bridgehead atoms. The van der Waals surface area contributed by atoms with Crippen molar-refractivity contribution in [3.05, 3.63) is 23.3 Å². The third-order valence-corrected chi connectivity index (χ3v) is 6.33. The van der Waals surface area contributed by atoms with Crippen molar-refractivity contribution in [2.24, 2.45) is 0 Å². The van der Waals surface area contributed by atoms with Gasteiger partial charge in [0.05, 0.1) is 11.5 Å². The molecular formula is C14H23BN2O5S. The van der Waals surface area contributed by atoms with Gasteiger partial charge in [0.15, 0.2) is 0 Å². The van der Waals surface area contributed by atoms with Gasteiger partial charge in [-0.2, -0.15) is 4.31 Å². The van der Waals surface area contributed by atoms with Crippen molar-refractivity contribution in [3.8, 4) is 0 Å². The second-order valence-electron chi connectivity index (χ2n) is 5.83. The van der Waals surface area contributed by atoms with Gasteiger partial charge < -0.3 is 15.2 Å². The number of aliphatic hydroxyl groups is 1. The smallest absolute Gasteiger partial charge is 0.423 e. The van der Waals surface area contributed by atoms with Gasteiger partial charge in [0.1, 0.15) is 0 Å². The van der Waals surface area contributed by atoms with Crippen molar-refractivity contribution in [1.82, 2.24) is 9.21 Å². The molecule has 1 aliphatic heterocycles. The number of hydrogen-bond acceptors (Lipinski definition) is 6. The Morgan fingerprint density at radius 2 is 1.61 bits per heavy atom. The molecule has 0 aliphatic carbocycles. The summed E-state index contributed by atoms with van der Waals surface area (Å²) in [6.07, 6.45) is 0. The Labute approximate surface area is 137 Å². The number of rotatable bonds is 5. The second-order valence-corrected chi connectivity index (χ2v) is 7.70. The molecule has 1 aliphatic rings. The molecule has 0 atom stereocenters. The predicted octanol–water partition coefficient (Wildman–Crippen LogP) is -1.72. The number of benzene rings is 1. The fourth-order valence-corrected chi connectivity index (χ4v) is 4.84. The maximum atomic E-state index is 12.9. The number of piperazine rings is 1. The van der Waals surface area contributed by atoms with E-state index < -0.39 is 17.1 Å². The van der Waals surface area contributed by atoms with Crippen LogP contribution in [0.3, 0.4) is 0 Å². The standard InChI is InChI=1S/C14H23BN2O5S/c1-11-9-13(15(19)20)10-12(2)14(11)23(21,22)17-5-3-16(4-6-17)7-8-18/h9-10,18-20H,3-8H2,1-2H3. The summed E-state index contributed by atoms with van der Waals surface area (Å²) in [5.74, 6) is 0. The highest BCUT2D eigenvalue weighted by Crippen LogP contribution is 2.24. The fraction of sp³-hybridized carbons (Fsp3) is 0.571. The highest BCUT2D eigenvalue weighted by Gasteiger charge is 2.31. The minimum atomic E-state index is -3.62. The summed E-state index contributed by atoms with van der Waals surface area (Å²) >= 11 is 0. The van der Waals surface area contributed by atoms with Crippen LogP contribution in [0.5, 0.6) is 0 Å². The molecule has 0 spiro atoms. The SMILES string of the molecule is Cc1cc(B(O)O)cc(C)c1S(=O)(=O)N1CCN(CCO)CC1. The minimum Gasteiger partial charge on any atom is -0.423 e. The van der Waals surface area contributed by atoms with Crippen LogP contribution in [0.25, 0.3) is 0 Å². The first kappa shape index (κ1) is 18.4. The van der Waals surface area contributed by atoms with E-state index in [2.05, 4.69) is 0 Å². The van der Waals surface area contributed by atoms with E-state index in [-0.39, 0.29) is 17.0 Å². The molecule has 1 fully saturated rings. The van der Waals surface area contributed by atoms with Gasteiger partial charge in [-0.05, 0) is 30.4 Å². The zero-order valence-corrected chi connectivity index (χ0v) is 14.3. The number of nitrogens with zero attached hydrogens (tertiary/aromatic N) is 2. The topological polar surface area (TPSA) is 101 Å². The minimum absolute atomic E-state index is 0.0654. The van der Waals surface area contributed by atoms with Crippen molar-refractivity contribution >= 4 is 22.6 Å². The van der Waals surface area contributed by atoms with E-state index in [1.165, 1.54) is 16.4 Å². The number of β-amino-alcohol motifs (C(OH)–C–C–N with tert-alkyl or cyclic N) is 1. The lowest BCUT2D eigenvalue weighted by Gasteiger charge is -2.34. The van der Waals surface area contributed by atoms with Crippen LogP contribution in [-0.4, -0.2) is 79.2 Å². The van der Waals surface area contributed by atoms with Crippen molar-refractivity contribution in [1.29, 1.82) is 0 Å². The van der Waals surface area contributed by atoms with Gasteiger partial charge >= 0.3 is 7.12 Å². The van der Waals surface area contributed by atoms with E-state index in [0.717, 1.165) is 0 Å². The summed E-state index contributed by atoms with van der Waals surface area (Å²) in [6, 6.07) is 2.99. The van der Waals surface area contributed by atoms with Gasteiger partial charge in [-0.3, -0.25) is 4.90 Å². The Kier molecular flexibility index (Phi) is 5.82. The molecule has 1 heterocycles. The molecule has 1 aromatic rings. The van der Waals surface area contributed by atoms with Crippen LogP contribution < -0.4 is 5.46 Å². The van der Waals surface area contributed by atoms with Crippen LogP contribution in [-0.2, 0) is 10.0 Å². The van der Waals surface area contributed by atoms with Gasteiger partial charge in [0.25, 0.3) is 0 Å². The Hall–Kier alpha value is -0.965. The van der Waals surface area contributed by atoms with Crippen LogP contribution in [0.4, 0.5) is 0 Å². The van der Waals surface area contributed by atoms with Gasteiger partial charge in [-0.15, -0.1) is 0 Å². The largest absolute Gasteiger partial charge is 0.488 e. The Morgan fingerprint density at radius 3 is 2.04 bits per heavy atom. The highest BCUT2D eigenvalue weighted by atomic mass is 32.2. The van der Waals surface area contributed by atoms with Crippen molar-refractivity contribution in [2.75, 3.05) is 39.3 Å². The summed E-state index contributed by atoms with van der Waals surface area (Å²) in [6.45, 7) is 5.88. The van der Waals surface area contributed by atoms with Crippen LogP contribution in [0.15, 0.2) is 17.0 Å².